The predicted octanol–water partition coefficient (Wildman–Crippen LogP) is 9.26. The van der Waals surface area contributed by atoms with E-state index in [2.05, 4.69) is 11.6 Å². The molecule has 1 N–H and O–H groups in total. The molecule has 314 valence electrons. The molecule has 0 radical (unpaired) electrons. The number of benzene rings is 4. The highest BCUT2D eigenvalue weighted by molar-refractivity contribution is 6.08. The maximum absolute atomic E-state index is 15.0. The maximum atomic E-state index is 15.0. The van der Waals surface area contributed by atoms with Crippen molar-refractivity contribution in [1.82, 2.24) is 9.88 Å². The molecular weight excluding hydrogens is 795 g/mol. The van der Waals surface area contributed by atoms with E-state index < -0.39 is 53.5 Å². The minimum atomic E-state index is -4.60. The Morgan fingerprint density at radius 1 is 0.967 bits per heavy atom. The van der Waals surface area contributed by atoms with E-state index in [1.807, 2.05) is 12.1 Å². The second-order valence-corrected chi connectivity index (χ2v) is 14.5. The number of hydrogen-bond donors (Lipinski definition) is 1. The molecule has 3 heterocycles. The van der Waals surface area contributed by atoms with Crippen molar-refractivity contribution in [2.24, 2.45) is 0 Å². The number of para-hydroxylation sites is 1. The second-order valence-electron chi connectivity index (χ2n) is 14.5. The number of aliphatic hydroxyl groups excluding tert-OH is 1. The number of halogens is 4. The fraction of sp³-hybridized carbons (Fsp3) is 0.234. The van der Waals surface area contributed by atoms with Crippen LogP contribution >= 0.6 is 0 Å². The molecule has 0 saturated heterocycles. The maximum Gasteiger partial charge on any atom is 0.416 e. The molecule has 1 unspecified atom stereocenters. The van der Waals surface area contributed by atoms with Crippen LogP contribution in [-0.4, -0.2) is 58.1 Å². The summed E-state index contributed by atoms with van der Waals surface area (Å²) in [6.07, 6.45) is -4.03. The third-order valence-corrected chi connectivity index (χ3v) is 10.3. The summed E-state index contributed by atoms with van der Waals surface area (Å²) in [4.78, 5) is 50.4. The molecule has 2 amide bonds. The summed E-state index contributed by atoms with van der Waals surface area (Å²) in [5.41, 5.74) is 1.16. The van der Waals surface area contributed by atoms with Gasteiger partial charge in [-0.2, -0.15) is 13.2 Å². The molecule has 0 aliphatic carbocycles. The van der Waals surface area contributed by atoms with E-state index in [1.54, 1.807) is 48.5 Å². The van der Waals surface area contributed by atoms with E-state index in [9.17, 15) is 32.3 Å². The molecule has 0 spiro atoms. The lowest BCUT2D eigenvalue weighted by molar-refractivity contribution is -0.148. The first-order valence-electron chi connectivity index (χ1n) is 19.5. The van der Waals surface area contributed by atoms with Crippen LogP contribution < -0.4 is 9.64 Å². The van der Waals surface area contributed by atoms with Crippen molar-refractivity contribution >= 4 is 34.4 Å². The molecule has 1 aliphatic rings. The number of furan rings is 1. The number of pyridine rings is 1. The molecule has 7 rings (SSSR count). The van der Waals surface area contributed by atoms with Crippen molar-refractivity contribution in [2.45, 2.75) is 57.1 Å². The van der Waals surface area contributed by atoms with Crippen molar-refractivity contribution < 1.29 is 50.9 Å². The molecule has 1 aliphatic heterocycles. The van der Waals surface area contributed by atoms with Gasteiger partial charge in [0.1, 0.15) is 34.9 Å². The van der Waals surface area contributed by atoms with Gasteiger partial charge in [-0.05, 0) is 72.3 Å². The molecule has 3 atom stereocenters. The summed E-state index contributed by atoms with van der Waals surface area (Å²) in [5.74, 6) is -1.58. The van der Waals surface area contributed by atoms with Crippen LogP contribution in [0.5, 0.6) is 5.75 Å². The molecule has 0 saturated carbocycles. The topological polar surface area (TPSA) is 122 Å². The first-order chi connectivity index (χ1) is 29.3. The van der Waals surface area contributed by atoms with Crippen molar-refractivity contribution in [1.29, 1.82) is 0 Å². The fourth-order valence-electron chi connectivity index (χ4n) is 7.58. The van der Waals surface area contributed by atoms with Crippen molar-refractivity contribution in [3.05, 3.63) is 162 Å². The zero-order valence-corrected chi connectivity index (χ0v) is 33.0. The van der Waals surface area contributed by atoms with Crippen LogP contribution in [-0.2, 0) is 33.5 Å². The fourth-order valence-corrected chi connectivity index (χ4v) is 7.58. The second kappa shape index (κ2) is 18.2. The Balaban J connectivity index is 1.40. The number of ether oxygens (including phenoxy) is 2. The van der Waals surface area contributed by atoms with Gasteiger partial charge in [-0.3, -0.25) is 19.3 Å². The van der Waals surface area contributed by atoms with E-state index in [1.165, 1.54) is 65.3 Å². The van der Waals surface area contributed by atoms with Crippen LogP contribution in [0.4, 0.5) is 23.2 Å². The van der Waals surface area contributed by atoms with Gasteiger partial charge in [-0.15, -0.1) is 6.58 Å². The minimum Gasteiger partial charge on any atom is -0.493 e. The van der Waals surface area contributed by atoms with Crippen LogP contribution in [0.25, 0.3) is 22.2 Å². The first-order valence-corrected chi connectivity index (χ1v) is 19.5. The molecular formula is C47H41F4N3O7. The number of fused-ring (bicyclic) bond motifs is 2. The van der Waals surface area contributed by atoms with Gasteiger partial charge >= 0.3 is 12.1 Å². The smallest absolute Gasteiger partial charge is 0.416 e. The Morgan fingerprint density at radius 2 is 1.75 bits per heavy atom. The molecule has 14 heteroatoms. The van der Waals surface area contributed by atoms with Crippen molar-refractivity contribution in [3.63, 3.8) is 0 Å². The third kappa shape index (κ3) is 9.49. The first kappa shape index (κ1) is 42.3. The zero-order chi connectivity index (χ0) is 43.3. The van der Waals surface area contributed by atoms with E-state index in [0.29, 0.717) is 34.5 Å². The highest BCUT2D eigenvalue weighted by atomic mass is 19.4. The van der Waals surface area contributed by atoms with Crippen molar-refractivity contribution in [3.8, 4) is 17.1 Å². The third-order valence-electron chi connectivity index (χ3n) is 10.3. The van der Waals surface area contributed by atoms with E-state index in [4.69, 9.17) is 13.9 Å². The number of esters is 1. The average molecular weight is 836 g/mol. The standard InChI is InChI=1S/C47H41F4N3O7/c1-3-8-42(60-29(2)56)45-44(37-27-35(59-24-7-23-55)18-21-40(37)54(45)46(58)39-20-15-31-9-4-5-12-38(31)52-39)53(43(57)25-30-13-16-34(48)17-14-30)28-36-19-22-41(61-36)32-10-6-11-33(26-32)47(49,50)51/h3-6,9-22,26-27,42,44-45,55H,1,7-8,23-25,28H2,2H3/t42?,44-,45+/m0/s1. The van der Waals surface area contributed by atoms with Crippen LogP contribution in [0, 0.1) is 5.82 Å². The minimum absolute atomic E-state index is 0.0456. The number of carbonyl (C=O) groups excluding carboxylic acids is 3. The number of hydrogen-bond acceptors (Lipinski definition) is 8. The normalized spacial score (nSPS) is 15.3. The van der Waals surface area contributed by atoms with Gasteiger partial charge in [0.15, 0.2) is 0 Å². The van der Waals surface area contributed by atoms with Crippen LogP contribution in [0.3, 0.4) is 0 Å². The summed E-state index contributed by atoms with van der Waals surface area (Å²) in [6.45, 7) is 4.87. The van der Waals surface area contributed by atoms with Gasteiger partial charge in [-0.25, -0.2) is 9.37 Å². The van der Waals surface area contributed by atoms with E-state index in [0.717, 1.165) is 17.5 Å². The zero-order valence-electron chi connectivity index (χ0n) is 33.0. The molecule has 4 aromatic carbocycles. The predicted molar refractivity (Wildman–Crippen MR) is 219 cm³/mol. The number of amides is 2. The highest BCUT2D eigenvalue weighted by Gasteiger charge is 2.51. The molecule has 2 aromatic heterocycles. The van der Waals surface area contributed by atoms with Gasteiger partial charge < -0.3 is 23.9 Å². The van der Waals surface area contributed by atoms with Crippen LogP contribution in [0.15, 0.2) is 132 Å². The highest BCUT2D eigenvalue weighted by Crippen LogP contribution is 2.48. The quantitative estimate of drug-likeness (QED) is 0.0471. The molecule has 6 aromatic rings. The average Bonchev–Trinajstić information content (AvgIpc) is 3.85. The monoisotopic (exact) mass is 835 g/mol. The van der Waals surface area contributed by atoms with E-state index in [-0.39, 0.29) is 55.4 Å². The Bertz CT molecular complexity index is 2560. The van der Waals surface area contributed by atoms with Gasteiger partial charge in [0.25, 0.3) is 5.91 Å². The Hall–Kier alpha value is -6.80. The van der Waals surface area contributed by atoms with Crippen molar-refractivity contribution in [2.75, 3.05) is 18.1 Å². The summed E-state index contributed by atoms with van der Waals surface area (Å²) < 4.78 is 73.2. The lowest BCUT2D eigenvalue weighted by Gasteiger charge is -2.39. The van der Waals surface area contributed by atoms with Gasteiger partial charge in [0, 0.05) is 42.9 Å². The number of rotatable bonds is 15. The SMILES string of the molecule is C=CCC(OC(C)=O)[C@@H]1[C@@H](N(Cc2ccc(-c3cccc(C(F)(F)F)c3)o2)C(=O)Cc2ccc(F)cc2)c2cc(OCCCO)ccc2N1C(=O)c1ccc2ccccc2n1. The number of nitrogens with zero attached hydrogens (tertiary/aromatic N) is 3. The summed E-state index contributed by atoms with van der Waals surface area (Å²) >= 11 is 0. The molecule has 0 fully saturated rings. The number of aromatic nitrogens is 1. The number of anilines is 1. The van der Waals surface area contributed by atoms with Crippen LogP contribution in [0.1, 0.15) is 58.7 Å². The molecule has 61 heavy (non-hydrogen) atoms. The number of carbonyl (C=O) groups is 3. The Morgan fingerprint density at radius 3 is 2.49 bits per heavy atom. The summed E-state index contributed by atoms with van der Waals surface area (Å²) in [5, 5.41) is 10.3. The van der Waals surface area contributed by atoms with Gasteiger partial charge in [-0.1, -0.05) is 54.6 Å². The molecule has 0 bridgehead atoms. The number of aliphatic hydroxyl groups is 1. The van der Waals surface area contributed by atoms with Gasteiger partial charge in [0.05, 0.1) is 48.4 Å². The Kier molecular flexibility index (Phi) is 12.6. The van der Waals surface area contributed by atoms with E-state index >= 15 is 4.79 Å². The lowest BCUT2D eigenvalue weighted by atomic mass is 9.94. The summed E-state index contributed by atoms with van der Waals surface area (Å²) in [6, 6.07) is 26.5. The summed E-state index contributed by atoms with van der Waals surface area (Å²) in [7, 11) is 0. The number of alkyl halides is 3. The largest absolute Gasteiger partial charge is 0.493 e. The van der Waals surface area contributed by atoms with Crippen LogP contribution in [0.2, 0.25) is 0 Å². The van der Waals surface area contributed by atoms with Gasteiger partial charge in [0.2, 0.25) is 5.91 Å². The Labute approximate surface area is 348 Å². The molecule has 10 nitrogen and oxygen atoms in total. The lowest BCUT2D eigenvalue weighted by Crippen LogP contribution is -2.53.